The van der Waals surface area contributed by atoms with Gasteiger partial charge in [0.2, 0.25) is 0 Å². The molecule has 0 saturated heterocycles. The molecule has 2 heteroatoms. The second-order valence-corrected chi connectivity index (χ2v) is 4.35. The van der Waals surface area contributed by atoms with Crippen molar-refractivity contribution in [2.45, 2.75) is 31.1 Å². The lowest BCUT2D eigenvalue weighted by molar-refractivity contribution is 0.112. The Hall–Kier alpha value is -0.760. The van der Waals surface area contributed by atoms with E-state index in [0.717, 1.165) is 22.5 Å². The largest absolute Gasteiger partial charge is 0.298 e. The lowest BCUT2D eigenvalue weighted by Crippen LogP contribution is -1.86. The van der Waals surface area contributed by atoms with Gasteiger partial charge in [0.15, 0.2) is 6.29 Å². The predicted molar refractivity (Wildman–Crippen MR) is 62.1 cm³/mol. The van der Waals surface area contributed by atoms with E-state index < -0.39 is 0 Å². The molecule has 14 heavy (non-hydrogen) atoms. The van der Waals surface area contributed by atoms with Crippen LogP contribution < -0.4 is 0 Å². The van der Waals surface area contributed by atoms with Crippen LogP contribution in [0.1, 0.15) is 36.5 Å². The van der Waals surface area contributed by atoms with Crippen LogP contribution in [0.3, 0.4) is 0 Å². The Morgan fingerprint density at radius 1 is 1.29 bits per heavy atom. The van der Waals surface area contributed by atoms with Crippen molar-refractivity contribution < 1.29 is 4.79 Å². The minimum atomic E-state index is 0.814. The van der Waals surface area contributed by atoms with Gasteiger partial charge in [-0.1, -0.05) is 38.0 Å². The van der Waals surface area contributed by atoms with Gasteiger partial charge in [0, 0.05) is 10.5 Å². The molecule has 0 spiro atoms. The van der Waals surface area contributed by atoms with Crippen LogP contribution in [0.15, 0.2) is 29.2 Å². The van der Waals surface area contributed by atoms with E-state index in [2.05, 4.69) is 6.92 Å². The van der Waals surface area contributed by atoms with E-state index in [4.69, 9.17) is 0 Å². The number of benzene rings is 1. The van der Waals surface area contributed by atoms with Gasteiger partial charge in [-0.25, -0.2) is 0 Å². The molecule has 1 rings (SSSR count). The zero-order valence-electron chi connectivity index (χ0n) is 8.53. The summed E-state index contributed by atoms with van der Waals surface area (Å²) in [5, 5.41) is 0. The summed E-state index contributed by atoms with van der Waals surface area (Å²) < 4.78 is 0. The summed E-state index contributed by atoms with van der Waals surface area (Å²) in [6.07, 6.45) is 4.68. The molecule has 1 nitrogen and oxygen atoms in total. The van der Waals surface area contributed by atoms with Crippen molar-refractivity contribution >= 4 is 18.0 Å². The van der Waals surface area contributed by atoms with Gasteiger partial charge < -0.3 is 0 Å². The van der Waals surface area contributed by atoms with Crippen LogP contribution in [0.2, 0.25) is 0 Å². The molecule has 0 fully saturated rings. The smallest absolute Gasteiger partial charge is 0.151 e. The molecule has 0 aromatic heterocycles. The fraction of sp³-hybridized carbons (Fsp3) is 0.417. The minimum Gasteiger partial charge on any atom is -0.298 e. The lowest BCUT2D eigenvalue weighted by atomic mass is 10.2. The highest BCUT2D eigenvalue weighted by Crippen LogP contribution is 2.22. The lowest BCUT2D eigenvalue weighted by Gasteiger charge is -2.03. The Balaban J connectivity index is 2.45. The monoisotopic (exact) mass is 208 g/mol. The maximum atomic E-state index is 10.7. The Morgan fingerprint density at radius 3 is 2.79 bits per heavy atom. The number of aldehydes is 1. The third-order valence-corrected chi connectivity index (χ3v) is 3.23. The fourth-order valence-corrected chi connectivity index (χ4v) is 2.27. The quantitative estimate of drug-likeness (QED) is 0.402. The number of unbranched alkanes of at least 4 members (excludes halogenated alkanes) is 2. The van der Waals surface area contributed by atoms with Crippen LogP contribution in [0, 0.1) is 0 Å². The van der Waals surface area contributed by atoms with Crippen molar-refractivity contribution in [1.82, 2.24) is 0 Å². The molecular weight excluding hydrogens is 192 g/mol. The number of hydrogen-bond acceptors (Lipinski definition) is 2. The average Bonchev–Trinajstić information content (AvgIpc) is 2.25. The molecule has 0 bridgehead atoms. The van der Waals surface area contributed by atoms with Crippen molar-refractivity contribution in [1.29, 1.82) is 0 Å². The molecule has 1 aromatic carbocycles. The molecule has 0 atom stereocenters. The maximum Gasteiger partial charge on any atom is 0.151 e. The average molecular weight is 208 g/mol. The standard InChI is InChI=1S/C12H16OS/c1-2-3-6-9-14-12-8-5-4-7-11(12)10-13/h4-5,7-8,10H,2-3,6,9H2,1H3. The Bertz CT molecular complexity index is 283. The molecule has 0 unspecified atom stereocenters. The number of thioether (sulfide) groups is 1. The third-order valence-electron chi connectivity index (χ3n) is 2.05. The van der Waals surface area contributed by atoms with Gasteiger partial charge in [-0.15, -0.1) is 11.8 Å². The second kappa shape index (κ2) is 6.66. The summed E-state index contributed by atoms with van der Waals surface area (Å²) in [7, 11) is 0. The first-order chi connectivity index (χ1) is 6.88. The van der Waals surface area contributed by atoms with Crippen molar-refractivity contribution in [3.63, 3.8) is 0 Å². The highest BCUT2D eigenvalue weighted by atomic mass is 32.2. The molecule has 76 valence electrons. The predicted octanol–water partition coefficient (Wildman–Crippen LogP) is 3.78. The van der Waals surface area contributed by atoms with Crippen LogP contribution in [-0.4, -0.2) is 12.0 Å². The molecule has 0 heterocycles. The first-order valence-corrected chi connectivity index (χ1v) is 6.04. The summed E-state index contributed by atoms with van der Waals surface area (Å²) in [6, 6.07) is 7.77. The topological polar surface area (TPSA) is 17.1 Å². The zero-order chi connectivity index (χ0) is 10.2. The van der Waals surface area contributed by atoms with Gasteiger partial charge >= 0.3 is 0 Å². The summed E-state index contributed by atoms with van der Waals surface area (Å²) in [4.78, 5) is 11.8. The highest BCUT2D eigenvalue weighted by molar-refractivity contribution is 7.99. The first kappa shape index (κ1) is 11.3. The van der Waals surface area contributed by atoms with E-state index in [-0.39, 0.29) is 0 Å². The van der Waals surface area contributed by atoms with Crippen molar-refractivity contribution in [2.24, 2.45) is 0 Å². The van der Waals surface area contributed by atoms with Crippen molar-refractivity contribution in [3.8, 4) is 0 Å². The summed E-state index contributed by atoms with van der Waals surface area (Å²) in [6.45, 7) is 2.20. The third kappa shape index (κ3) is 3.54. The molecule has 0 amide bonds. The maximum absolute atomic E-state index is 10.7. The normalized spacial score (nSPS) is 10.1. The zero-order valence-corrected chi connectivity index (χ0v) is 9.35. The molecule has 0 aliphatic rings. The molecule has 0 radical (unpaired) electrons. The van der Waals surface area contributed by atoms with E-state index in [9.17, 15) is 4.79 Å². The van der Waals surface area contributed by atoms with Gasteiger partial charge in [0.05, 0.1) is 0 Å². The number of rotatable bonds is 6. The highest BCUT2D eigenvalue weighted by Gasteiger charge is 1.99. The van der Waals surface area contributed by atoms with Gasteiger partial charge in [0.25, 0.3) is 0 Å². The van der Waals surface area contributed by atoms with Crippen LogP contribution in [0.5, 0.6) is 0 Å². The van der Waals surface area contributed by atoms with Crippen molar-refractivity contribution in [2.75, 3.05) is 5.75 Å². The van der Waals surface area contributed by atoms with Gasteiger partial charge in [-0.05, 0) is 18.2 Å². The van der Waals surface area contributed by atoms with E-state index in [1.54, 1.807) is 11.8 Å². The summed E-state index contributed by atoms with van der Waals surface area (Å²) >= 11 is 1.78. The van der Waals surface area contributed by atoms with Crippen LogP contribution in [0.4, 0.5) is 0 Å². The SMILES string of the molecule is CCCCCSc1ccccc1C=O. The number of carbonyl (C=O) groups is 1. The fourth-order valence-electron chi connectivity index (χ4n) is 1.24. The Kier molecular flexibility index (Phi) is 5.38. The molecule has 1 aromatic rings. The van der Waals surface area contributed by atoms with Crippen LogP contribution in [-0.2, 0) is 0 Å². The van der Waals surface area contributed by atoms with E-state index in [1.807, 2.05) is 24.3 Å². The van der Waals surface area contributed by atoms with Crippen molar-refractivity contribution in [3.05, 3.63) is 29.8 Å². The van der Waals surface area contributed by atoms with Gasteiger partial charge in [0.1, 0.15) is 0 Å². The minimum absolute atomic E-state index is 0.814. The number of carbonyl (C=O) groups excluding carboxylic acids is 1. The first-order valence-electron chi connectivity index (χ1n) is 5.05. The summed E-state index contributed by atoms with van der Waals surface area (Å²) in [5.74, 6) is 1.11. The molecule has 0 aliphatic carbocycles. The van der Waals surface area contributed by atoms with Gasteiger partial charge in [-0.3, -0.25) is 4.79 Å². The molecular formula is C12H16OS. The molecule has 0 aliphatic heterocycles. The Morgan fingerprint density at radius 2 is 2.07 bits per heavy atom. The van der Waals surface area contributed by atoms with E-state index in [0.29, 0.717) is 0 Å². The van der Waals surface area contributed by atoms with Crippen LogP contribution >= 0.6 is 11.8 Å². The second-order valence-electron chi connectivity index (χ2n) is 3.21. The van der Waals surface area contributed by atoms with Crippen LogP contribution in [0.25, 0.3) is 0 Å². The Labute approximate surface area is 89.9 Å². The number of hydrogen-bond donors (Lipinski definition) is 0. The van der Waals surface area contributed by atoms with E-state index in [1.165, 1.54) is 19.3 Å². The van der Waals surface area contributed by atoms with Gasteiger partial charge in [-0.2, -0.15) is 0 Å². The molecule has 0 saturated carbocycles. The van der Waals surface area contributed by atoms with E-state index >= 15 is 0 Å². The summed E-state index contributed by atoms with van der Waals surface area (Å²) in [5.41, 5.74) is 0.814. The molecule has 0 N–H and O–H groups in total.